The van der Waals surface area contributed by atoms with Crippen molar-refractivity contribution in [2.45, 2.75) is 13.0 Å². The Kier molecular flexibility index (Phi) is 1.92. The lowest BCUT2D eigenvalue weighted by Crippen LogP contribution is -2.06. The molecule has 1 atom stereocenters. The summed E-state index contributed by atoms with van der Waals surface area (Å²) >= 11 is 0. The molecule has 1 aromatic heterocycles. The molecule has 1 unspecified atom stereocenters. The number of nitrogens with two attached hydrogens (primary N) is 1. The lowest BCUT2D eigenvalue weighted by Gasteiger charge is -2.00. The maximum Gasteiger partial charge on any atom is 0.0631 e. The van der Waals surface area contributed by atoms with Crippen LogP contribution < -0.4 is 5.73 Å². The number of aryl methyl sites for hydroxylation is 1. The van der Waals surface area contributed by atoms with Gasteiger partial charge in [0, 0.05) is 11.4 Å². The van der Waals surface area contributed by atoms with Crippen LogP contribution in [0.25, 0.3) is 0 Å². The van der Waals surface area contributed by atoms with Crippen LogP contribution in [0.4, 0.5) is 0 Å². The third-order valence-electron chi connectivity index (χ3n) is 1.47. The summed E-state index contributed by atoms with van der Waals surface area (Å²) in [6.45, 7) is 5.60. The van der Waals surface area contributed by atoms with Crippen LogP contribution in [-0.4, -0.2) is 4.98 Å². The van der Waals surface area contributed by atoms with Gasteiger partial charge in [-0.1, -0.05) is 6.08 Å². The van der Waals surface area contributed by atoms with Crippen molar-refractivity contribution in [3.05, 3.63) is 36.2 Å². The zero-order chi connectivity index (χ0) is 7.56. The maximum absolute atomic E-state index is 5.66. The van der Waals surface area contributed by atoms with E-state index in [1.165, 1.54) is 0 Å². The van der Waals surface area contributed by atoms with E-state index in [2.05, 4.69) is 11.6 Å². The Labute approximate surface area is 60.8 Å². The van der Waals surface area contributed by atoms with Crippen LogP contribution in [0.3, 0.4) is 0 Å². The van der Waals surface area contributed by atoms with Gasteiger partial charge in [0.1, 0.15) is 0 Å². The molecule has 0 aliphatic heterocycles. The van der Waals surface area contributed by atoms with Gasteiger partial charge < -0.3 is 10.7 Å². The maximum atomic E-state index is 5.66. The van der Waals surface area contributed by atoms with Crippen molar-refractivity contribution in [2.24, 2.45) is 5.73 Å². The van der Waals surface area contributed by atoms with Crippen molar-refractivity contribution in [1.82, 2.24) is 4.98 Å². The number of nitrogens with one attached hydrogen (secondary N) is 1. The van der Waals surface area contributed by atoms with E-state index in [1.54, 1.807) is 6.08 Å². The Balaban J connectivity index is 2.84. The fraction of sp³-hybridized carbons (Fsp3) is 0.250. The lowest BCUT2D eigenvalue weighted by atomic mass is 10.2. The Morgan fingerprint density at radius 2 is 2.40 bits per heavy atom. The number of H-pyrrole nitrogens is 1. The van der Waals surface area contributed by atoms with E-state index in [9.17, 15) is 0 Å². The van der Waals surface area contributed by atoms with Crippen LogP contribution >= 0.6 is 0 Å². The minimum absolute atomic E-state index is 0.0614. The van der Waals surface area contributed by atoms with Crippen molar-refractivity contribution >= 4 is 0 Å². The van der Waals surface area contributed by atoms with Crippen LogP contribution in [0.15, 0.2) is 24.8 Å². The topological polar surface area (TPSA) is 41.8 Å². The Morgan fingerprint density at radius 3 is 2.80 bits per heavy atom. The molecule has 54 valence electrons. The van der Waals surface area contributed by atoms with Crippen LogP contribution in [0.2, 0.25) is 0 Å². The van der Waals surface area contributed by atoms with Crippen molar-refractivity contribution in [1.29, 1.82) is 0 Å². The van der Waals surface area contributed by atoms with Gasteiger partial charge in [0.25, 0.3) is 0 Å². The first-order valence-corrected chi connectivity index (χ1v) is 3.27. The third-order valence-corrected chi connectivity index (χ3v) is 1.47. The fourth-order valence-electron chi connectivity index (χ4n) is 0.847. The fourth-order valence-corrected chi connectivity index (χ4v) is 0.847. The number of hydrogen-bond donors (Lipinski definition) is 2. The highest BCUT2D eigenvalue weighted by Crippen LogP contribution is 2.09. The van der Waals surface area contributed by atoms with E-state index in [-0.39, 0.29) is 6.04 Å². The average molecular weight is 136 g/mol. The molecular weight excluding hydrogens is 124 g/mol. The average Bonchev–Trinajstić information content (AvgIpc) is 2.34. The standard InChI is InChI=1S/C8H12N2/c1-3-7(9)8-5-4-6(2)10-8/h3-5,7,10H,1,9H2,2H3. The summed E-state index contributed by atoms with van der Waals surface area (Å²) in [6.07, 6.45) is 1.71. The normalized spacial score (nSPS) is 13.0. The molecular formula is C8H12N2. The molecule has 0 saturated heterocycles. The molecule has 3 N–H and O–H groups in total. The van der Waals surface area contributed by atoms with Gasteiger partial charge in [-0.05, 0) is 19.1 Å². The van der Waals surface area contributed by atoms with Crippen molar-refractivity contribution in [3.8, 4) is 0 Å². The van der Waals surface area contributed by atoms with Gasteiger partial charge in [0.05, 0.1) is 6.04 Å². The summed E-state index contributed by atoms with van der Waals surface area (Å²) in [6, 6.07) is 3.91. The van der Waals surface area contributed by atoms with E-state index < -0.39 is 0 Å². The highest BCUT2D eigenvalue weighted by molar-refractivity contribution is 5.17. The molecule has 0 saturated carbocycles. The van der Waals surface area contributed by atoms with Crippen LogP contribution in [0.5, 0.6) is 0 Å². The molecule has 0 aliphatic rings. The molecule has 1 aromatic rings. The second kappa shape index (κ2) is 2.71. The van der Waals surface area contributed by atoms with Gasteiger partial charge in [-0.25, -0.2) is 0 Å². The summed E-state index contributed by atoms with van der Waals surface area (Å²) in [4.78, 5) is 3.13. The summed E-state index contributed by atoms with van der Waals surface area (Å²) in [5, 5.41) is 0. The Bertz CT molecular complexity index is 225. The van der Waals surface area contributed by atoms with Crippen molar-refractivity contribution in [2.75, 3.05) is 0 Å². The molecule has 2 nitrogen and oxygen atoms in total. The monoisotopic (exact) mass is 136 g/mol. The predicted molar refractivity (Wildman–Crippen MR) is 42.7 cm³/mol. The first-order chi connectivity index (χ1) is 4.74. The third kappa shape index (κ3) is 1.28. The number of aromatic nitrogens is 1. The molecule has 1 rings (SSSR count). The van der Waals surface area contributed by atoms with Gasteiger partial charge in [-0.3, -0.25) is 0 Å². The van der Waals surface area contributed by atoms with Gasteiger partial charge in [0.2, 0.25) is 0 Å². The SMILES string of the molecule is C=CC(N)c1ccc(C)[nH]1. The molecule has 10 heavy (non-hydrogen) atoms. The summed E-state index contributed by atoms with van der Waals surface area (Å²) in [7, 11) is 0. The van der Waals surface area contributed by atoms with Gasteiger partial charge in [-0.15, -0.1) is 6.58 Å². The van der Waals surface area contributed by atoms with E-state index in [4.69, 9.17) is 5.73 Å². The molecule has 0 bridgehead atoms. The minimum Gasteiger partial charge on any atom is -0.361 e. The molecule has 0 aromatic carbocycles. The van der Waals surface area contributed by atoms with E-state index in [1.807, 2.05) is 19.1 Å². The highest BCUT2D eigenvalue weighted by atomic mass is 14.8. The largest absolute Gasteiger partial charge is 0.361 e. The molecule has 0 fully saturated rings. The summed E-state index contributed by atoms with van der Waals surface area (Å²) in [5.41, 5.74) is 7.81. The first kappa shape index (κ1) is 7.09. The highest BCUT2D eigenvalue weighted by Gasteiger charge is 2.00. The van der Waals surface area contributed by atoms with Gasteiger partial charge >= 0.3 is 0 Å². The lowest BCUT2D eigenvalue weighted by molar-refractivity contribution is 0.871. The van der Waals surface area contributed by atoms with E-state index in [0.29, 0.717) is 0 Å². The summed E-state index contributed by atoms with van der Waals surface area (Å²) < 4.78 is 0. The number of hydrogen-bond acceptors (Lipinski definition) is 1. The molecule has 0 aliphatic carbocycles. The van der Waals surface area contributed by atoms with Crippen LogP contribution in [-0.2, 0) is 0 Å². The van der Waals surface area contributed by atoms with Crippen LogP contribution in [0, 0.1) is 6.92 Å². The van der Waals surface area contributed by atoms with Gasteiger partial charge in [0.15, 0.2) is 0 Å². The predicted octanol–water partition coefficient (Wildman–Crippen LogP) is 1.51. The van der Waals surface area contributed by atoms with E-state index in [0.717, 1.165) is 11.4 Å². The van der Waals surface area contributed by atoms with Gasteiger partial charge in [-0.2, -0.15) is 0 Å². The molecule has 0 radical (unpaired) electrons. The minimum atomic E-state index is -0.0614. The molecule has 1 heterocycles. The second-order valence-electron chi connectivity index (χ2n) is 2.36. The number of aromatic amines is 1. The van der Waals surface area contributed by atoms with Crippen molar-refractivity contribution in [3.63, 3.8) is 0 Å². The Hall–Kier alpha value is -1.02. The van der Waals surface area contributed by atoms with Crippen LogP contribution in [0.1, 0.15) is 17.4 Å². The first-order valence-electron chi connectivity index (χ1n) is 3.27. The zero-order valence-corrected chi connectivity index (χ0v) is 6.09. The second-order valence-corrected chi connectivity index (χ2v) is 2.36. The molecule has 2 heteroatoms. The summed E-state index contributed by atoms with van der Waals surface area (Å²) in [5.74, 6) is 0. The molecule has 0 spiro atoms. The molecule has 0 amide bonds. The number of rotatable bonds is 2. The van der Waals surface area contributed by atoms with E-state index >= 15 is 0 Å². The zero-order valence-electron chi connectivity index (χ0n) is 6.09. The van der Waals surface area contributed by atoms with Crippen molar-refractivity contribution < 1.29 is 0 Å². The quantitative estimate of drug-likeness (QED) is 0.594. The smallest absolute Gasteiger partial charge is 0.0631 e. The Morgan fingerprint density at radius 1 is 1.70 bits per heavy atom.